The zero-order valence-corrected chi connectivity index (χ0v) is 12.4. The molecule has 21 heavy (non-hydrogen) atoms. The summed E-state index contributed by atoms with van der Waals surface area (Å²) in [7, 11) is 1.61. The fourth-order valence-corrected chi connectivity index (χ4v) is 2.24. The van der Waals surface area contributed by atoms with Gasteiger partial charge in [0.2, 0.25) is 5.91 Å². The Hall–Kier alpha value is -1.85. The number of morpholine rings is 1. The second kappa shape index (κ2) is 7.24. The molecule has 1 aliphatic heterocycles. The Morgan fingerprint density at radius 3 is 3.10 bits per heavy atom. The van der Waals surface area contributed by atoms with E-state index < -0.39 is 0 Å². The van der Waals surface area contributed by atoms with Crippen molar-refractivity contribution < 1.29 is 19.4 Å². The van der Waals surface area contributed by atoms with Gasteiger partial charge in [-0.05, 0) is 30.7 Å². The van der Waals surface area contributed by atoms with Gasteiger partial charge in [0.05, 0.1) is 32.5 Å². The zero-order valence-electron chi connectivity index (χ0n) is 12.4. The summed E-state index contributed by atoms with van der Waals surface area (Å²) in [4.78, 5) is 14.0. The number of rotatable bonds is 4. The molecule has 1 heterocycles. The number of hydrogen-bond donors (Lipinski definition) is 1. The number of methoxy groups -OCH3 is 1. The van der Waals surface area contributed by atoms with Gasteiger partial charge < -0.3 is 19.5 Å². The molecular formula is C16H21NO4. The van der Waals surface area contributed by atoms with Crippen LogP contribution in [0, 0.1) is 0 Å². The van der Waals surface area contributed by atoms with Crippen molar-refractivity contribution in [3.63, 3.8) is 0 Å². The molecule has 1 saturated heterocycles. The van der Waals surface area contributed by atoms with Gasteiger partial charge in [0.25, 0.3) is 0 Å². The monoisotopic (exact) mass is 291 g/mol. The number of aliphatic hydroxyl groups is 1. The Balaban J connectivity index is 2.03. The fourth-order valence-electron chi connectivity index (χ4n) is 2.24. The van der Waals surface area contributed by atoms with Gasteiger partial charge in [0.1, 0.15) is 5.75 Å². The molecule has 2 atom stereocenters. The van der Waals surface area contributed by atoms with Crippen LogP contribution >= 0.6 is 0 Å². The molecule has 0 aromatic heterocycles. The molecule has 0 radical (unpaired) electrons. The van der Waals surface area contributed by atoms with E-state index >= 15 is 0 Å². The lowest BCUT2D eigenvalue weighted by molar-refractivity contribution is -0.140. The second-order valence-electron chi connectivity index (χ2n) is 5.09. The van der Waals surface area contributed by atoms with Crippen molar-refractivity contribution >= 4 is 12.0 Å². The number of nitrogens with zero attached hydrogens (tertiary/aromatic N) is 1. The van der Waals surface area contributed by atoms with E-state index in [0.29, 0.717) is 13.2 Å². The number of amides is 1. The van der Waals surface area contributed by atoms with E-state index in [0.717, 1.165) is 11.3 Å². The van der Waals surface area contributed by atoms with Gasteiger partial charge in [-0.3, -0.25) is 4.79 Å². The largest absolute Gasteiger partial charge is 0.497 e. The number of carbonyl (C=O) groups excluding carboxylic acids is 1. The number of carbonyl (C=O) groups is 1. The number of benzene rings is 1. The second-order valence-corrected chi connectivity index (χ2v) is 5.09. The molecule has 0 saturated carbocycles. The topological polar surface area (TPSA) is 59.0 Å². The molecular weight excluding hydrogens is 270 g/mol. The molecule has 1 amide bonds. The predicted molar refractivity (Wildman–Crippen MR) is 80.0 cm³/mol. The van der Waals surface area contributed by atoms with Gasteiger partial charge in [-0.1, -0.05) is 12.1 Å². The standard InChI is InChI=1S/C16H21NO4/c1-12-11-21-15(10-18)9-17(12)16(19)7-6-13-4-3-5-14(8-13)20-2/h3-8,12,15,18H,9-11H2,1-2H3/b7-6+. The highest BCUT2D eigenvalue weighted by Crippen LogP contribution is 2.15. The number of ether oxygens (including phenoxy) is 2. The van der Waals surface area contributed by atoms with Gasteiger partial charge in [0.15, 0.2) is 0 Å². The summed E-state index contributed by atoms with van der Waals surface area (Å²) in [6.07, 6.45) is 3.02. The van der Waals surface area contributed by atoms with Crippen LogP contribution in [0.5, 0.6) is 5.75 Å². The summed E-state index contributed by atoms with van der Waals surface area (Å²) >= 11 is 0. The fraction of sp³-hybridized carbons (Fsp3) is 0.438. The summed E-state index contributed by atoms with van der Waals surface area (Å²) in [6.45, 7) is 2.73. The first-order chi connectivity index (χ1) is 10.1. The summed E-state index contributed by atoms with van der Waals surface area (Å²) in [5, 5.41) is 9.15. The quantitative estimate of drug-likeness (QED) is 0.850. The minimum atomic E-state index is -0.296. The van der Waals surface area contributed by atoms with Crippen LogP contribution < -0.4 is 4.74 Å². The van der Waals surface area contributed by atoms with Gasteiger partial charge >= 0.3 is 0 Å². The Bertz CT molecular complexity index is 515. The van der Waals surface area contributed by atoms with Gasteiger partial charge in [-0.25, -0.2) is 0 Å². The van der Waals surface area contributed by atoms with E-state index in [1.54, 1.807) is 24.2 Å². The first kappa shape index (κ1) is 15.5. The first-order valence-electron chi connectivity index (χ1n) is 6.99. The van der Waals surface area contributed by atoms with Crippen LogP contribution in [0.2, 0.25) is 0 Å². The third kappa shape index (κ3) is 4.06. The molecule has 2 rings (SSSR count). The average molecular weight is 291 g/mol. The molecule has 1 fully saturated rings. The van der Waals surface area contributed by atoms with Crippen molar-refractivity contribution in [2.75, 3.05) is 26.9 Å². The third-order valence-corrected chi connectivity index (χ3v) is 3.50. The van der Waals surface area contributed by atoms with E-state index in [9.17, 15) is 4.79 Å². The van der Waals surface area contributed by atoms with Crippen LogP contribution in [0.25, 0.3) is 6.08 Å². The van der Waals surface area contributed by atoms with E-state index in [1.165, 1.54) is 0 Å². The molecule has 5 nitrogen and oxygen atoms in total. The highest BCUT2D eigenvalue weighted by molar-refractivity contribution is 5.92. The van der Waals surface area contributed by atoms with E-state index in [-0.39, 0.29) is 24.7 Å². The summed E-state index contributed by atoms with van der Waals surface area (Å²) in [5.74, 6) is 0.678. The van der Waals surface area contributed by atoms with Crippen molar-refractivity contribution in [1.29, 1.82) is 0 Å². The van der Waals surface area contributed by atoms with Crippen molar-refractivity contribution in [1.82, 2.24) is 4.90 Å². The SMILES string of the molecule is COc1cccc(/C=C/C(=O)N2CC(CO)OCC2C)c1. The molecule has 1 N–H and O–H groups in total. The van der Waals surface area contributed by atoms with Crippen LogP contribution in [0.15, 0.2) is 30.3 Å². The van der Waals surface area contributed by atoms with E-state index in [2.05, 4.69) is 0 Å². The van der Waals surface area contributed by atoms with Gasteiger partial charge in [0, 0.05) is 12.6 Å². The molecule has 0 aliphatic carbocycles. The lowest BCUT2D eigenvalue weighted by atomic mass is 10.1. The Morgan fingerprint density at radius 2 is 2.38 bits per heavy atom. The van der Waals surface area contributed by atoms with Crippen LogP contribution in [0.1, 0.15) is 12.5 Å². The highest BCUT2D eigenvalue weighted by atomic mass is 16.5. The Kier molecular flexibility index (Phi) is 5.36. The highest BCUT2D eigenvalue weighted by Gasteiger charge is 2.27. The summed E-state index contributed by atoms with van der Waals surface area (Å²) in [6, 6.07) is 7.52. The lowest BCUT2D eigenvalue weighted by Crippen LogP contribution is -2.51. The van der Waals surface area contributed by atoms with Crippen molar-refractivity contribution in [3.05, 3.63) is 35.9 Å². The molecule has 0 spiro atoms. The molecule has 5 heteroatoms. The molecule has 2 unspecified atom stereocenters. The normalized spacial score (nSPS) is 22.5. The van der Waals surface area contributed by atoms with Crippen molar-refractivity contribution in [2.45, 2.75) is 19.1 Å². The maximum atomic E-state index is 12.3. The van der Waals surface area contributed by atoms with Crippen molar-refractivity contribution in [3.8, 4) is 5.75 Å². The van der Waals surface area contributed by atoms with Crippen LogP contribution in [-0.2, 0) is 9.53 Å². The molecule has 1 aliphatic rings. The molecule has 1 aromatic carbocycles. The third-order valence-electron chi connectivity index (χ3n) is 3.50. The number of hydrogen-bond acceptors (Lipinski definition) is 4. The number of aliphatic hydroxyl groups excluding tert-OH is 1. The van der Waals surface area contributed by atoms with E-state index in [1.807, 2.05) is 31.2 Å². The minimum Gasteiger partial charge on any atom is -0.497 e. The smallest absolute Gasteiger partial charge is 0.246 e. The summed E-state index contributed by atoms with van der Waals surface area (Å²) in [5.41, 5.74) is 0.905. The Labute approximate surface area is 124 Å². The first-order valence-corrected chi connectivity index (χ1v) is 6.99. The molecule has 114 valence electrons. The van der Waals surface area contributed by atoms with E-state index in [4.69, 9.17) is 14.6 Å². The molecule has 0 bridgehead atoms. The predicted octanol–water partition coefficient (Wildman–Crippen LogP) is 1.32. The maximum Gasteiger partial charge on any atom is 0.246 e. The average Bonchev–Trinajstić information content (AvgIpc) is 2.53. The van der Waals surface area contributed by atoms with Crippen LogP contribution in [0.4, 0.5) is 0 Å². The summed E-state index contributed by atoms with van der Waals surface area (Å²) < 4.78 is 10.6. The van der Waals surface area contributed by atoms with Gasteiger partial charge in [-0.15, -0.1) is 0 Å². The molecule has 1 aromatic rings. The van der Waals surface area contributed by atoms with Crippen LogP contribution in [0.3, 0.4) is 0 Å². The maximum absolute atomic E-state index is 12.3. The van der Waals surface area contributed by atoms with Crippen LogP contribution in [-0.4, -0.2) is 54.9 Å². The zero-order chi connectivity index (χ0) is 15.2. The minimum absolute atomic E-state index is 0.00950. The Morgan fingerprint density at radius 1 is 1.57 bits per heavy atom. The lowest BCUT2D eigenvalue weighted by Gasteiger charge is -2.36. The van der Waals surface area contributed by atoms with Gasteiger partial charge in [-0.2, -0.15) is 0 Å². The van der Waals surface area contributed by atoms with Crippen molar-refractivity contribution in [2.24, 2.45) is 0 Å².